The van der Waals surface area contributed by atoms with Gasteiger partial charge in [0.15, 0.2) is 0 Å². The fourth-order valence-electron chi connectivity index (χ4n) is 3.36. The second-order valence-corrected chi connectivity index (χ2v) is 10.0. The van der Waals surface area contributed by atoms with E-state index in [0.29, 0.717) is 18.9 Å². The van der Waals surface area contributed by atoms with Gasteiger partial charge < -0.3 is 10.1 Å². The summed E-state index contributed by atoms with van der Waals surface area (Å²) in [7, 11) is -0.161. The van der Waals surface area contributed by atoms with Crippen LogP contribution in [0.15, 0.2) is 77.7 Å². The van der Waals surface area contributed by atoms with Gasteiger partial charge in [0.2, 0.25) is 0 Å². The highest BCUT2D eigenvalue weighted by atomic mass is 32.2. The number of benzene rings is 3. The molecule has 34 heavy (non-hydrogen) atoms. The van der Waals surface area contributed by atoms with Gasteiger partial charge in [-0.05, 0) is 63.3 Å². The summed E-state index contributed by atoms with van der Waals surface area (Å²) >= 11 is 0. The van der Waals surface area contributed by atoms with Crippen LogP contribution in [0.3, 0.4) is 0 Å². The van der Waals surface area contributed by atoms with E-state index < -0.39 is 15.9 Å². The lowest BCUT2D eigenvalue weighted by atomic mass is 10.0. The smallest absolute Gasteiger partial charge is 0.261 e. The van der Waals surface area contributed by atoms with Crippen molar-refractivity contribution in [3.8, 4) is 5.75 Å². The zero-order valence-corrected chi connectivity index (χ0v) is 20.7. The van der Waals surface area contributed by atoms with E-state index in [-0.39, 0.29) is 22.2 Å². The largest absolute Gasteiger partial charge is 0.478 e. The van der Waals surface area contributed by atoms with E-state index in [0.717, 1.165) is 11.1 Å². The Bertz CT molecular complexity index is 1210. The van der Waals surface area contributed by atoms with Crippen LogP contribution in [-0.4, -0.2) is 40.1 Å². The average molecular weight is 482 g/mol. The van der Waals surface area contributed by atoms with Crippen molar-refractivity contribution < 1.29 is 17.9 Å². The minimum atomic E-state index is -3.89. The van der Waals surface area contributed by atoms with E-state index in [4.69, 9.17) is 4.74 Å². The maximum atomic E-state index is 13.4. The Kier molecular flexibility index (Phi) is 8.31. The molecular formula is C26H31N3O4S. The van der Waals surface area contributed by atoms with Crippen LogP contribution >= 0.6 is 0 Å². The monoisotopic (exact) mass is 481 g/mol. The summed E-state index contributed by atoms with van der Waals surface area (Å²) in [4.78, 5) is 15.3. The first-order valence-electron chi connectivity index (χ1n) is 11.1. The van der Waals surface area contributed by atoms with Crippen LogP contribution in [-0.2, 0) is 10.0 Å². The van der Waals surface area contributed by atoms with Crippen LogP contribution in [0, 0.1) is 6.92 Å². The van der Waals surface area contributed by atoms with Gasteiger partial charge in [0.1, 0.15) is 12.5 Å². The van der Waals surface area contributed by atoms with Gasteiger partial charge in [0, 0.05) is 0 Å². The lowest BCUT2D eigenvalue weighted by Gasteiger charge is -2.20. The van der Waals surface area contributed by atoms with Crippen molar-refractivity contribution in [1.29, 1.82) is 0 Å². The Morgan fingerprint density at radius 1 is 1.00 bits per heavy atom. The predicted octanol–water partition coefficient (Wildman–Crippen LogP) is 4.57. The van der Waals surface area contributed by atoms with Crippen molar-refractivity contribution in [3.63, 3.8) is 0 Å². The van der Waals surface area contributed by atoms with Gasteiger partial charge in [-0.25, -0.2) is 8.42 Å². The van der Waals surface area contributed by atoms with Crippen LogP contribution < -0.4 is 14.8 Å². The molecule has 0 spiro atoms. The quantitative estimate of drug-likeness (QED) is 0.414. The number of rotatable bonds is 10. The molecule has 0 saturated heterocycles. The van der Waals surface area contributed by atoms with Crippen LogP contribution in [0.2, 0.25) is 0 Å². The van der Waals surface area contributed by atoms with Crippen molar-refractivity contribution in [2.75, 3.05) is 25.5 Å². The van der Waals surface area contributed by atoms with Crippen molar-refractivity contribution in [2.45, 2.75) is 31.2 Å². The Labute approximate surface area is 201 Å². The molecule has 0 aliphatic carbocycles. The van der Waals surface area contributed by atoms with Crippen LogP contribution in [0.25, 0.3) is 0 Å². The highest BCUT2D eigenvalue weighted by Gasteiger charge is 2.22. The molecule has 0 saturated carbocycles. The molecule has 7 nitrogen and oxygen atoms in total. The summed E-state index contributed by atoms with van der Waals surface area (Å²) in [5, 5.41) is 3.03. The molecule has 0 aliphatic rings. The Morgan fingerprint density at radius 3 is 2.29 bits per heavy atom. The maximum Gasteiger partial charge on any atom is 0.261 e. The third-order valence-corrected chi connectivity index (χ3v) is 6.60. The van der Waals surface area contributed by atoms with E-state index in [1.165, 1.54) is 12.1 Å². The number of nitrogens with zero attached hydrogens (tertiary/aromatic N) is 1. The summed E-state index contributed by atoms with van der Waals surface area (Å²) in [6.45, 7) is 4.18. The SMILES string of the molecule is CC[C@H](NC(=O)c1cc(OCN(C)C)ccc1NS(=O)(=O)c1ccc(C)cc1)c1ccccc1. The summed E-state index contributed by atoms with van der Waals surface area (Å²) in [6, 6.07) is 20.7. The second-order valence-electron chi connectivity index (χ2n) is 8.32. The molecule has 0 aromatic heterocycles. The van der Waals surface area contributed by atoms with Gasteiger partial charge in [-0.2, -0.15) is 0 Å². The molecule has 180 valence electrons. The highest BCUT2D eigenvalue weighted by Crippen LogP contribution is 2.27. The Hall–Kier alpha value is -3.36. The van der Waals surface area contributed by atoms with Crippen LogP contribution in [0.1, 0.15) is 40.9 Å². The van der Waals surface area contributed by atoms with Gasteiger partial charge in [0.25, 0.3) is 15.9 Å². The van der Waals surface area contributed by atoms with E-state index in [1.54, 1.807) is 30.3 Å². The van der Waals surface area contributed by atoms with Crippen molar-refractivity contribution in [1.82, 2.24) is 10.2 Å². The number of aryl methyl sites for hydroxylation is 1. The average Bonchev–Trinajstić information content (AvgIpc) is 2.82. The molecule has 8 heteroatoms. The summed E-state index contributed by atoms with van der Waals surface area (Å²) in [5.74, 6) is 0.0671. The van der Waals surface area contributed by atoms with E-state index >= 15 is 0 Å². The van der Waals surface area contributed by atoms with Gasteiger partial charge >= 0.3 is 0 Å². The number of ether oxygens (including phenoxy) is 1. The van der Waals surface area contributed by atoms with Gasteiger partial charge in [0.05, 0.1) is 22.2 Å². The number of nitrogens with one attached hydrogen (secondary N) is 2. The normalized spacial score (nSPS) is 12.3. The number of hydrogen-bond acceptors (Lipinski definition) is 5. The molecule has 0 radical (unpaired) electrons. The number of carbonyl (C=O) groups excluding carboxylic acids is 1. The first kappa shape index (κ1) is 25.3. The lowest BCUT2D eigenvalue weighted by molar-refractivity contribution is 0.0935. The molecule has 1 amide bonds. The summed E-state index contributed by atoms with van der Waals surface area (Å²) in [6.07, 6.45) is 0.678. The van der Waals surface area contributed by atoms with Crippen molar-refractivity contribution >= 4 is 21.6 Å². The van der Waals surface area contributed by atoms with E-state index in [1.807, 2.05) is 63.2 Å². The van der Waals surface area contributed by atoms with E-state index in [2.05, 4.69) is 10.0 Å². The first-order chi connectivity index (χ1) is 16.2. The highest BCUT2D eigenvalue weighted by molar-refractivity contribution is 7.92. The zero-order chi connectivity index (χ0) is 24.7. The van der Waals surface area contributed by atoms with Crippen LogP contribution in [0.4, 0.5) is 5.69 Å². The molecule has 1 atom stereocenters. The molecule has 0 heterocycles. The van der Waals surface area contributed by atoms with Crippen molar-refractivity contribution in [2.24, 2.45) is 0 Å². The third kappa shape index (κ3) is 6.59. The minimum absolute atomic E-state index is 0.119. The van der Waals surface area contributed by atoms with Gasteiger partial charge in [-0.1, -0.05) is 55.0 Å². The molecule has 3 aromatic carbocycles. The fourth-order valence-corrected chi connectivity index (χ4v) is 4.44. The number of amides is 1. The second kappa shape index (κ2) is 11.2. The summed E-state index contributed by atoms with van der Waals surface area (Å²) < 4.78 is 34.3. The third-order valence-electron chi connectivity index (χ3n) is 5.22. The molecule has 0 unspecified atom stereocenters. The zero-order valence-electron chi connectivity index (χ0n) is 19.9. The first-order valence-corrected chi connectivity index (χ1v) is 12.5. The van der Waals surface area contributed by atoms with Gasteiger partial charge in [-0.3, -0.25) is 14.4 Å². The molecule has 0 aliphatic heterocycles. The predicted molar refractivity (Wildman–Crippen MR) is 135 cm³/mol. The standard InChI is InChI=1S/C26H31N3O4S/c1-5-24(20-9-7-6-8-10-20)27-26(30)23-17-21(33-18-29(3)4)13-16-25(23)28-34(31,32)22-14-11-19(2)12-15-22/h6-17,24,28H,5,18H2,1-4H3,(H,27,30)/t24-/m0/s1. The number of carbonyl (C=O) groups is 1. The molecule has 3 rings (SSSR count). The maximum absolute atomic E-state index is 13.4. The molecule has 0 fully saturated rings. The molecular weight excluding hydrogens is 450 g/mol. The van der Waals surface area contributed by atoms with Gasteiger partial charge in [-0.15, -0.1) is 0 Å². The van der Waals surface area contributed by atoms with Crippen molar-refractivity contribution in [3.05, 3.63) is 89.5 Å². The molecule has 0 bridgehead atoms. The fraction of sp³-hybridized carbons (Fsp3) is 0.269. The topological polar surface area (TPSA) is 87.7 Å². The molecule has 3 aromatic rings. The number of sulfonamides is 1. The number of anilines is 1. The number of hydrogen-bond donors (Lipinski definition) is 2. The summed E-state index contributed by atoms with van der Waals surface area (Å²) in [5.41, 5.74) is 2.28. The Balaban J connectivity index is 1.94. The minimum Gasteiger partial charge on any atom is -0.478 e. The van der Waals surface area contributed by atoms with E-state index in [9.17, 15) is 13.2 Å². The lowest BCUT2D eigenvalue weighted by Crippen LogP contribution is -2.29. The molecule has 2 N–H and O–H groups in total. The Morgan fingerprint density at radius 2 is 1.68 bits per heavy atom. The van der Waals surface area contributed by atoms with Crippen LogP contribution in [0.5, 0.6) is 5.75 Å².